The molecule has 2 aliphatic rings. The summed E-state index contributed by atoms with van der Waals surface area (Å²) in [5, 5.41) is 13.1. The molecule has 0 saturated carbocycles. The second-order valence-corrected chi connectivity index (χ2v) is 14.9. The summed E-state index contributed by atoms with van der Waals surface area (Å²) in [6, 6.07) is 17.7. The second kappa shape index (κ2) is 22.4. The Labute approximate surface area is 350 Å². The smallest absolute Gasteiger partial charge is 0.264 e. The minimum Gasteiger partial charge on any atom is -0.383 e. The number of piperidine rings is 1. The highest BCUT2D eigenvalue weighted by atomic mass is 35.5. The van der Waals surface area contributed by atoms with Crippen LogP contribution in [0.4, 0.5) is 11.4 Å². The third-order valence-corrected chi connectivity index (χ3v) is 10.6. The molecule has 314 valence electrons. The van der Waals surface area contributed by atoms with Crippen molar-refractivity contribution in [1.29, 1.82) is 0 Å². The first-order chi connectivity index (χ1) is 28.8. The largest absolute Gasteiger partial charge is 0.383 e. The molecular formula is C41H47ClN6O10S. The fourth-order valence-electron chi connectivity index (χ4n) is 6.32. The molecule has 5 amide bonds. The number of hydrogen-bond donors (Lipinski definition) is 4. The van der Waals surface area contributed by atoms with Gasteiger partial charge in [0.25, 0.3) is 11.8 Å². The van der Waals surface area contributed by atoms with Gasteiger partial charge >= 0.3 is 0 Å². The highest BCUT2D eigenvalue weighted by Crippen LogP contribution is 2.33. The SMILES string of the molecule is O=C(CCOCCOCCOCCNc1ccc(-c2nc3cc(Cl)ccc3s2)cc1)NCCOCCOCCNc1cccc2c1C(=O)N(C1CCC(=O)NC1=O)C2=O. The molecule has 0 bridgehead atoms. The quantitative estimate of drug-likeness (QED) is 0.0550. The second-order valence-electron chi connectivity index (χ2n) is 13.4. The molecule has 3 heterocycles. The van der Waals surface area contributed by atoms with Crippen molar-refractivity contribution < 1.29 is 47.7 Å². The first-order valence-electron chi connectivity index (χ1n) is 19.4. The van der Waals surface area contributed by atoms with Crippen LogP contribution in [0, 0.1) is 0 Å². The van der Waals surface area contributed by atoms with Crippen molar-refractivity contribution in [1.82, 2.24) is 20.5 Å². The van der Waals surface area contributed by atoms with Crippen molar-refractivity contribution in [2.24, 2.45) is 0 Å². The van der Waals surface area contributed by atoms with E-state index in [4.69, 9.17) is 35.3 Å². The lowest BCUT2D eigenvalue weighted by atomic mass is 10.0. The number of fused-ring (bicyclic) bond motifs is 2. The van der Waals surface area contributed by atoms with Crippen LogP contribution in [-0.2, 0) is 38.1 Å². The van der Waals surface area contributed by atoms with Gasteiger partial charge in [-0.05, 0) is 61.0 Å². The number of imide groups is 2. The maximum Gasteiger partial charge on any atom is 0.264 e. The number of aromatic nitrogens is 1. The van der Waals surface area contributed by atoms with Crippen LogP contribution in [0.1, 0.15) is 40.0 Å². The van der Waals surface area contributed by atoms with E-state index in [1.165, 1.54) is 0 Å². The summed E-state index contributed by atoms with van der Waals surface area (Å²) in [6.07, 6.45) is 0.375. The highest BCUT2D eigenvalue weighted by molar-refractivity contribution is 7.21. The van der Waals surface area contributed by atoms with Gasteiger partial charge in [-0.3, -0.25) is 34.2 Å². The minimum absolute atomic E-state index is 0.0554. The highest BCUT2D eigenvalue weighted by Gasteiger charge is 2.45. The number of carbonyl (C=O) groups is 5. The monoisotopic (exact) mass is 850 g/mol. The molecule has 3 aromatic carbocycles. The normalized spacial score (nSPS) is 15.1. The Bertz CT molecular complexity index is 2080. The molecule has 0 spiro atoms. The Morgan fingerprint density at radius 3 is 2.15 bits per heavy atom. The van der Waals surface area contributed by atoms with Crippen LogP contribution in [0.3, 0.4) is 0 Å². The van der Waals surface area contributed by atoms with Gasteiger partial charge in [-0.25, -0.2) is 4.98 Å². The lowest BCUT2D eigenvalue weighted by Crippen LogP contribution is -2.54. The first-order valence-corrected chi connectivity index (χ1v) is 20.6. The number of ether oxygens (including phenoxy) is 5. The van der Waals surface area contributed by atoms with E-state index in [-0.39, 0.29) is 42.9 Å². The van der Waals surface area contributed by atoms with Gasteiger partial charge in [0.15, 0.2) is 0 Å². The van der Waals surface area contributed by atoms with Crippen molar-refractivity contribution in [2.75, 3.05) is 96.3 Å². The number of benzene rings is 3. The molecule has 4 N–H and O–H groups in total. The van der Waals surface area contributed by atoms with Crippen LogP contribution >= 0.6 is 22.9 Å². The van der Waals surface area contributed by atoms with Crippen LogP contribution in [0.5, 0.6) is 0 Å². The van der Waals surface area contributed by atoms with Crippen molar-refractivity contribution in [3.8, 4) is 10.6 Å². The zero-order chi connectivity index (χ0) is 41.4. The molecule has 1 saturated heterocycles. The van der Waals surface area contributed by atoms with Crippen molar-refractivity contribution in [3.63, 3.8) is 0 Å². The predicted octanol–water partition coefficient (Wildman–Crippen LogP) is 4.13. The summed E-state index contributed by atoms with van der Waals surface area (Å²) in [6.45, 7) is 5.18. The molecule has 59 heavy (non-hydrogen) atoms. The van der Waals surface area contributed by atoms with Crippen LogP contribution in [0.15, 0.2) is 60.7 Å². The summed E-state index contributed by atoms with van der Waals surface area (Å²) in [7, 11) is 0. The van der Waals surface area contributed by atoms with Gasteiger partial charge in [-0.1, -0.05) is 17.7 Å². The number of nitrogens with one attached hydrogen (secondary N) is 4. The predicted molar refractivity (Wildman–Crippen MR) is 222 cm³/mol. The van der Waals surface area contributed by atoms with E-state index in [1.807, 2.05) is 42.5 Å². The molecule has 1 aromatic heterocycles. The third kappa shape index (κ3) is 12.5. The van der Waals surface area contributed by atoms with E-state index in [2.05, 4.69) is 26.3 Å². The number of nitrogens with zero attached hydrogens (tertiary/aromatic N) is 2. The third-order valence-electron chi connectivity index (χ3n) is 9.25. The molecule has 6 rings (SSSR count). The Morgan fingerprint density at radius 2 is 1.44 bits per heavy atom. The van der Waals surface area contributed by atoms with E-state index in [0.29, 0.717) is 89.8 Å². The Morgan fingerprint density at radius 1 is 0.780 bits per heavy atom. The molecular weight excluding hydrogens is 804 g/mol. The molecule has 1 fully saturated rings. The lowest BCUT2D eigenvalue weighted by molar-refractivity contribution is -0.136. The van der Waals surface area contributed by atoms with Crippen LogP contribution in [0.2, 0.25) is 5.02 Å². The van der Waals surface area contributed by atoms with Crippen molar-refractivity contribution in [3.05, 3.63) is 76.8 Å². The van der Waals surface area contributed by atoms with Gasteiger partial charge in [0, 0.05) is 54.4 Å². The summed E-state index contributed by atoms with van der Waals surface area (Å²) in [4.78, 5) is 67.7. The number of rotatable bonds is 25. The Kier molecular flexibility index (Phi) is 16.5. The number of thiazole rings is 1. The average Bonchev–Trinajstić information content (AvgIpc) is 3.76. The lowest BCUT2D eigenvalue weighted by Gasteiger charge is -2.27. The van der Waals surface area contributed by atoms with Gasteiger partial charge in [0.05, 0.1) is 87.4 Å². The van der Waals surface area contributed by atoms with E-state index in [1.54, 1.807) is 29.5 Å². The zero-order valence-corrected chi connectivity index (χ0v) is 34.0. The van der Waals surface area contributed by atoms with E-state index in [9.17, 15) is 24.0 Å². The average molecular weight is 851 g/mol. The van der Waals surface area contributed by atoms with Crippen LogP contribution in [0.25, 0.3) is 20.8 Å². The van der Waals surface area contributed by atoms with Gasteiger partial charge in [-0.15, -0.1) is 11.3 Å². The van der Waals surface area contributed by atoms with Crippen LogP contribution in [-0.4, -0.2) is 131 Å². The fraction of sp³-hybridized carbons (Fsp3) is 0.415. The van der Waals surface area contributed by atoms with E-state index in [0.717, 1.165) is 31.4 Å². The van der Waals surface area contributed by atoms with Crippen molar-refractivity contribution in [2.45, 2.75) is 25.3 Å². The maximum absolute atomic E-state index is 13.2. The molecule has 1 unspecified atom stereocenters. The Balaban J connectivity index is 0.701. The molecule has 16 nitrogen and oxygen atoms in total. The first kappa shape index (κ1) is 43.6. The standard InChI is InChI=1S/C41H47ClN6O10S/c42-28-6-10-34-32(26-28)46-39(59-34)27-4-7-29(8-5-27)43-13-17-55-23-25-58-24-20-54-16-12-35(49)45-15-19-57-22-21-56-18-14-44-31-3-1-2-30-37(31)41(53)48(40(30)52)33-9-11-36(50)47-38(33)51/h1-8,10,26,33,43-44H,9,11-25H2,(H,45,49)(H,47,50,51). The van der Waals surface area contributed by atoms with Gasteiger partial charge in [0.1, 0.15) is 11.0 Å². The van der Waals surface area contributed by atoms with Gasteiger partial charge < -0.3 is 39.6 Å². The van der Waals surface area contributed by atoms with Crippen molar-refractivity contribution >= 4 is 74.1 Å². The molecule has 1 atom stereocenters. The van der Waals surface area contributed by atoms with Gasteiger partial charge in [-0.2, -0.15) is 0 Å². The molecule has 4 aromatic rings. The topological polar surface area (TPSA) is 196 Å². The number of halogens is 1. The van der Waals surface area contributed by atoms with Crippen LogP contribution < -0.4 is 21.3 Å². The minimum atomic E-state index is -1.02. The number of anilines is 2. The molecule has 2 aliphatic heterocycles. The summed E-state index contributed by atoms with van der Waals surface area (Å²) >= 11 is 7.73. The fourth-order valence-corrected chi connectivity index (χ4v) is 7.44. The number of carbonyl (C=O) groups excluding carboxylic acids is 5. The number of hydrogen-bond acceptors (Lipinski definition) is 14. The molecule has 0 aliphatic carbocycles. The number of amides is 5. The van der Waals surface area contributed by atoms with E-state index >= 15 is 0 Å². The summed E-state index contributed by atoms with van der Waals surface area (Å²) in [5.74, 6) is -2.35. The Hall–Kier alpha value is -5.01. The van der Waals surface area contributed by atoms with E-state index < -0.39 is 29.7 Å². The molecule has 18 heteroatoms. The summed E-state index contributed by atoms with van der Waals surface area (Å²) < 4.78 is 28.9. The zero-order valence-electron chi connectivity index (χ0n) is 32.4. The molecule has 0 radical (unpaired) electrons. The maximum atomic E-state index is 13.2. The van der Waals surface area contributed by atoms with Gasteiger partial charge in [0.2, 0.25) is 17.7 Å². The summed E-state index contributed by atoms with van der Waals surface area (Å²) in [5.41, 5.74) is 3.82.